The lowest BCUT2D eigenvalue weighted by molar-refractivity contribution is 1.04. The molecule has 0 fully saturated rings. The third-order valence-corrected chi connectivity index (χ3v) is 4.10. The lowest BCUT2D eigenvalue weighted by Crippen LogP contribution is -1.98. The summed E-state index contributed by atoms with van der Waals surface area (Å²) < 4.78 is 3.89. The van der Waals surface area contributed by atoms with Crippen molar-refractivity contribution in [2.75, 3.05) is 0 Å². The number of imidazole rings is 1. The average molecular weight is 333 g/mol. The summed E-state index contributed by atoms with van der Waals surface area (Å²) in [6.07, 6.45) is 0. The van der Waals surface area contributed by atoms with Gasteiger partial charge in [0.1, 0.15) is 0 Å². The highest BCUT2D eigenvalue weighted by Crippen LogP contribution is 2.26. The molecule has 19 heavy (non-hydrogen) atoms. The van der Waals surface area contributed by atoms with Crippen molar-refractivity contribution in [3.05, 3.63) is 56.8 Å². The van der Waals surface area contributed by atoms with Crippen molar-refractivity contribution in [2.24, 2.45) is 0 Å². The summed E-state index contributed by atoms with van der Waals surface area (Å²) in [6.45, 7) is 4.20. The Bertz CT molecular complexity index is 830. The number of fused-ring (bicyclic) bond motifs is 1. The van der Waals surface area contributed by atoms with Crippen molar-refractivity contribution >= 4 is 39.2 Å². The van der Waals surface area contributed by atoms with E-state index in [2.05, 4.69) is 63.6 Å². The summed E-state index contributed by atoms with van der Waals surface area (Å²) in [5.41, 5.74) is 5.74. The van der Waals surface area contributed by atoms with Crippen molar-refractivity contribution in [1.82, 2.24) is 9.55 Å². The zero-order valence-corrected chi connectivity index (χ0v) is 13.1. The molecule has 3 aromatic rings. The second-order valence-electron chi connectivity index (χ2n) is 4.67. The van der Waals surface area contributed by atoms with Gasteiger partial charge in [-0.1, -0.05) is 34.1 Å². The minimum Gasteiger partial charge on any atom is -0.330 e. The number of para-hydroxylation sites is 1. The number of nitrogens with zero attached hydrogens (tertiary/aromatic N) is 1. The van der Waals surface area contributed by atoms with Crippen molar-refractivity contribution in [3.8, 4) is 5.69 Å². The molecule has 0 aliphatic heterocycles. The van der Waals surface area contributed by atoms with Crippen molar-refractivity contribution in [3.63, 3.8) is 0 Å². The Kier molecular flexibility index (Phi) is 3.07. The van der Waals surface area contributed by atoms with Gasteiger partial charge in [0, 0.05) is 4.47 Å². The third kappa shape index (κ3) is 2.05. The number of hydrogen-bond donors (Lipinski definition) is 1. The molecule has 1 aromatic heterocycles. The zero-order chi connectivity index (χ0) is 13.6. The van der Waals surface area contributed by atoms with E-state index in [1.165, 1.54) is 11.1 Å². The Balaban J connectivity index is 2.46. The monoisotopic (exact) mass is 332 g/mol. The second-order valence-corrected chi connectivity index (χ2v) is 5.97. The van der Waals surface area contributed by atoms with E-state index in [9.17, 15) is 0 Å². The fourth-order valence-electron chi connectivity index (χ4n) is 2.38. The Morgan fingerprint density at radius 1 is 1.11 bits per heavy atom. The molecule has 2 nitrogen and oxygen atoms in total. The molecule has 2 aromatic carbocycles. The molecule has 0 saturated heterocycles. The van der Waals surface area contributed by atoms with E-state index in [0.717, 1.165) is 26.0 Å². The molecule has 0 aliphatic carbocycles. The molecule has 96 valence electrons. The lowest BCUT2D eigenvalue weighted by atomic mass is 10.1. The van der Waals surface area contributed by atoms with Gasteiger partial charge < -0.3 is 4.98 Å². The van der Waals surface area contributed by atoms with Gasteiger partial charge in [-0.15, -0.1) is 0 Å². The summed E-state index contributed by atoms with van der Waals surface area (Å²) in [5.74, 6) is 0. The molecule has 0 spiro atoms. The largest absolute Gasteiger partial charge is 0.330 e. The van der Waals surface area contributed by atoms with Gasteiger partial charge in [-0.2, -0.15) is 0 Å². The van der Waals surface area contributed by atoms with Crippen molar-refractivity contribution in [2.45, 2.75) is 13.8 Å². The van der Waals surface area contributed by atoms with E-state index in [1.807, 2.05) is 12.1 Å². The van der Waals surface area contributed by atoms with E-state index in [-0.39, 0.29) is 0 Å². The Morgan fingerprint density at radius 3 is 2.68 bits per heavy atom. The molecule has 4 heteroatoms. The number of H-pyrrole nitrogens is 1. The van der Waals surface area contributed by atoms with Crippen LogP contribution in [0.1, 0.15) is 11.1 Å². The molecule has 1 heterocycles. The van der Waals surface area contributed by atoms with Crippen LogP contribution in [0.15, 0.2) is 40.9 Å². The number of halogens is 1. The van der Waals surface area contributed by atoms with Crippen LogP contribution in [-0.4, -0.2) is 9.55 Å². The van der Waals surface area contributed by atoms with Gasteiger partial charge >= 0.3 is 0 Å². The first-order chi connectivity index (χ1) is 9.08. The van der Waals surface area contributed by atoms with Crippen LogP contribution in [0.3, 0.4) is 0 Å². The normalized spacial score (nSPS) is 11.1. The molecule has 3 rings (SSSR count). The Labute approximate surface area is 125 Å². The van der Waals surface area contributed by atoms with Crippen LogP contribution in [0.2, 0.25) is 0 Å². The van der Waals surface area contributed by atoms with Crippen molar-refractivity contribution in [1.29, 1.82) is 0 Å². The van der Waals surface area contributed by atoms with Gasteiger partial charge in [-0.05, 0) is 55.4 Å². The molecule has 0 aliphatic rings. The van der Waals surface area contributed by atoms with E-state index < -0.39 is 0 Å². The number of aromatic amines is 1. The summed E-state index contributed by atoms with van der Waals surface area (Å²) in [5, 5.41) is 0. The molecule has 0 saturated carbocycles. The highest BCUT2D eigenvalue weighted by molar-refractivity contribution is 9.10. The zero-order valence-electron chi connectivity index (χ0n) is 10.7. The topological polar surface area (TPSA) is 20.7 Å². The Morgan fingerprint density at radius 2 is 1.89 bits per heavy atom. The van der Waals surface area contributed by atoms with Gasteiger partial charge in [-0.25, -0.2) is 0 Å². The highest BCUT2D eigenvalue weighted by atomic mass is 79.9. The predicted molar refractivity (Wildman–Crippen MR) is 85.6 cm³/mol. The van der Waals surface area contributed by atoms with E-state index >= 15 is 0 Å². The quantitative estimate of drug-likeness (QED) is 0.617. The predicted octanol–water partition coefficient (Wildman–Crippen LogP) is 5.07. The summed E-state index contributed by atoms with van der Waals surface area (Å²) in [7, 11) is 0. The molecule has 0 radical (unpaired) electrons. The minimum absolute atomic E-state index is 0.727. The van der Waals surface area contributed by atoms with Crippen LogP contribution in [0, 0.1) is 18.6 Å². The van der Waals surface area contributed by atoms with E-state index in [1.54, 1.807) is 0 Å². The minimum atomic E-state index is 0.727. The fraction of sp³-hybridized carbons (Fsp3) is 0.133. The van der Waals surface area contributed by atoms with E-state index in [4.69, 9.17) is 12.2 Å². The van der Waals surface area contributed by atoms with Crippen LogP contribution in [-0.2, 0) is 0 Å². The number of rotatable bonds is 1. The van der Waals surface area contributed by atoms with Gasteiger partial charge in [0.25, 0.3) is 0 Å². The second kappa shape index (κ2) is 4.62. The van der Waals surface area contributed by atoms with Gasteiger partial charge in [-0.3, -0.25) is 4.57 Å². The summed E-state index contributed by atoms with van der Waals surface area (Å²) >= 11 is 9.02. The number of nitrogens with one attached hydrogen (secondary N) is 1. The van der Waals surface area contributed by atoms with Crippen LogP contribution in [0.5, 0.6) is 0 Å². The standard InChI is InChI=1S/C15H13BrN2S/c1-9-6-7-11(16)8-13(9)18-14-10(2)4-3-5-12(14)17-15(18)19/h3-8H,1-2H3,(H,17,19). The van der Waals surface area contributed by atoms with Crippen LogP contribution >= 0.6 is 28.1 Å². The molecule has 1 N–H and O–H groups in total. The maximum absolute atomic E-state index is 5.49. The van der Waals surface area contributed by atoms with Gasteiger partial charge in [0.2, 0.25) is 0 Å². The molecule has 0 amide bonds. The fourth-order valence-corrected chi connectivity index (χ4v) is 3.03. The van der Waals surface area contributed by atoms with Crippen molar-refractivity contribution < 1.29 is 0 Å². The molecule has 0 atom stereocenters. The molecule has 0 unspecified atom stereocenters. The third-order valence-electron chi connectivity index (χ3n) is 3.32. The summed E-state index contributed by atoms with van der Waals surface area (Å²) in [4.78, 5) is 3.28. The Hall–Kier alpha value is -1.39. The average Bonchev–Trinajstić information content (AvgIpc) is 2.70. The molecule has 0 bridgehead atoms. The maximum atomic E-state index is 5.49. The van der Waals surface area contributed by atoms with Gasteiger partial charge in [0.15, 0.2) is 4.77 Å². The number of hydrogen-bond acceptors (Lipinski definition) is 1. The smallest absolute Gasteiger partial charge is 0.182 e. The maximum Gasteiger partial charge on any atom is 0.182 e. The molecular weight excluding hydrogens is 320 g/mol. The number of aromatic nitrogens is 2. The number of benzene rings is 2. The first-order valence-electron chi connectivity index (χ1n) is 6.05. The van der Waals surface area contributed by atoms with Crippen LogP contribution in [0.4, 0.5) is 0 Å². The highest BCUT2D eigenvalue weighted by Gasteiger charge is 2.10. The van der Waals surface area contributed by atoms with Crippen LogP contribution in [0.25, 0.3) is 16.7 Å². The van der Waals surface area contributed by atoms with Crippen LogP contribution < -0.4 is 0 Å². The first-order valence-corrected chi connectivity index (χ1v) is 7.25. The van der Waals surface area contributed by atoms with Gasteiger partial charge in [0.05, 0.1) is 16.7 Å². The lowest BCUT2D eigenvalue weighted by Gasteiger charge is -2.10. The molecular formula is C15H13BrN2S. The first kappa shape index (κ1) is 12.6. The SMILES string of the molecule is Cc1ccc(Br)cc1-n1c(=S)[nH]c2cccc(C)c21. The number of aryl methyl sites for hydroxylation is 2. The van der Waals surface area contributed by atoms with E-state index in [0.29, 0.717) is 0 Å². The summed E-state index contributed by atoms with van der Waals surface area (Å²) in [6, 6.07) is 12.4.